The number of nitrogens with one attached hydrogen (secondary N) is 1. The molecule has 196 valence electrons. The number of hydrogen-bond acceptors (Lipinski definition) is 7. The smallest absolute Gasteiger partial charge is 0.266 e. The number of para-hydroxylation sites is 1. The standard InChI is InChI=1S/C30H28N6O2S/c1-21-26-29(32-20-36(30(26)38)19-22-8-4-2-5-9-22)39-27(21)28(37)33-23-12-13-25(31-18-23)35-16-14-34(15-17-35)24-10-6-3-7-11-24/h2-13,18,20H,14-17,19H2,1H3,(H,33,37). The highest BCUT2D eigenvalue weighted by Crippen LogP contribution is 2.28. The van der Waals surface area contributed by atoms with Crippen LogP contribution in [0.1, 0.15) is 20.8 Å². The molecular formula is C30H28N6O2S. The summed E-state index contributed by atoms with van der Waals surface area (Å²) in [6.07, 6.45) is 3.24. The summed E-state index contributed by atoms with van der Waals surface area (Å²) in [5.41, 5.74) is 3.37. The van der Waals surface area contributed by atoms with Gasteiger partial charge >= 0.3 is 0 Å². The number of benzene rings is 2. The SMILES string of the molecule is Cc1c(C(=O)Nc2ccc(N3CCN(c4ccccc4)CC3)nc2)sc2ncn(Cc3ccccc3)c(=O)c12. The second-order valence-electron chi connectivity index (χ2n) is 9.57. The monoisotopic (exact) mass is 536 g/mol. The number of amides is 1. The Morgan fingerprint density at radius 3 is 2.28 bits per heavy atom. The summed E-state index contributed by atoms with van der Waals surface area (Å²) in [5.74, 6) is 0.623. The van der Waals surface area contributed by atoms with Crippen LogP contribution in [0.5, 0.6) is 0 Å². The second-order valence-corrected chi connectivity index (χ2v) is 10.6. The van der Waals surface area contributed by atoms with E-state index in [4.69, 9.17) is 0 Å². The number of anilines is 3. The molecule has 1 aliphatic heterocycles. The Morgan fingerprint density at radius 2 is 1.59 bits per heavy atom. The lowest BCUT2D eigenvalue weighted by Gasteiger charge is -2.36. The fourth-order valence-corrected chi connectivity index (χ4v) is 5.97. The van der Waals surface area contributed by atoms with Crippen LogP contribution >= 0.6 is 11.3 Å². The average Bonchev–Trinajstić information content (AvgIpc) is 3.33. The van der Waals surface area contributed by atoms with Crippen molar-refractivity contribution in [2.45, 2.75) is 13.5 Å². The number of piperazine rings is 1. The van der Waals surface area contributed by atoms with Crippen LogP contribution in [0.15, 0.2) is 90.1 Å². The first kappa shape index (κ1) is 24.8. The topological polar surface area (TPSA) is 83.4 Å². The van der Waals surface area contributed by atoms with E-state index in [1.807, 2.05) is 48.5 Å². The molecule has 1 fully saturated rings. The third kappa shape index (κ3) is 5.13. The van der Waals surface area contributed by atoms with Gasteiger partial charge in [0.25, 0.3) is 11.5 Å². The molecule has 8 nitrogen and oxygen atoms in total. The summed E-state index contributed by atoms with van der Waals surface area (Å²) >= 11 is 1.23. The predicted octanol–water partition coefficient (Wildman–Crippen LogP) is 4.79. The number of hydrogen-bond donors (Lipinski definition) is 1. The Labute approximate surface area is 230 Å². The number of nitrogens with zero attached hydrogens (tertiary/aromatic N) is 5. The molecule has 1 aliphatic rings. The summed E-state index contributed by atoms with van der Waals surface area (Å²) in [4.78, 5) is 41.2. The molecule has 1 amide bonds. The van der Waals surface area contributed by atoms with Crippen molar-refractivity contribution in [1.29, 1.82) is 0 Å². The van der Waals surface area contributed by atoms with Crippen molar-refractivity contribution in [1.82, 2.24) is 14.5 Å². The Bertz CT molecular complexity index is 1660. The number of carbonyl (C=O) groups is 1. The van der Waals surface area contributed by atoms with Crippen LogP contribution in [-0.2, 0) is 6.54 Å². The molecule has 4 heterocycles. The number of fused-ring (bicyclic) bond motifs is 1. The zero-order valence-electron chi connectivity index (χ0n) is 21.6. The first-order valence-corrected chi connectivity index (χ1v) is 13.7. The van der Waals surface area contributed by atoms with Gasteiger partial charge in [-0.05, 0) is 42.3 Å². The van der Waals surface area contributed by atoms with Gasteiger partial charge in [-0.3, -0.25) is 14.2 Å². The van der Waals surface area contributed by atoms with E-state index in [9.17, 15) is 9.59 Å². The van der Waals surface area contributed by atoms with Crippen molar-refractivity contribution in [2.75, 3.05) is 41.3 Å². The van der Waals surface area contributed by atoms with E-state index >= 15 is 0 Å². The summed E-state index contributed by atoms with van der Waals surface area (Å²) in [6.45, 7) is 5.85. The molecule has 0 radical (unpaired) electrons. The first-order chi connectivity index (χ1) is 19.1. The molecule has 0 saturated carbocycles. The van der Waals surface area contributed by atoms with E-state index in [1.54, 1.807) is 24.0 Å². The second kappa shape index (κ2) is 10.7. The third-order valence-corrected chi connectivity index (χ3v) is 8.25. The lowest BCUT2D eigenvalue weighted by atomic mass is 10.2. The van der Waals surface area contributed by atoms with Crippen molar-refractivity contribution in [3.05, 3.63) is 112 Å². The third-order valence-electron chi connectivity index (χ3n) is 7.05. The average molecular weight is 537 g/mol. The van der Waals surface area contributed by atoms with Crippen LogP contribution in [0.3, 0.4) is 0 Å². The van der Waals surface area contributed by atoms with Gasteiger partial charge in [-0.2, -0.15) is 0 Å². The van der Waals surface area contributed by atoms with Gasteiger partial charge < -0.3 is 15.1 Å². The molecule has 0 atom stereocenters. The maximum absolute atomic E-state index is 13.2. The fraction of sp³-hybridized carbons (Fsp3) is 0.200. The number of aryl methyl sites for hydroxylation is 1. The number of thiophene rings is 1. The number of aromatic nitrogens is 3. The molecule has 0 aliphatic carbocycles. The molecule has 1 saturated heterocycles. The summed E-state index contributed by atoms with van der Waals surface area (Å²) in [7, 11) is 0. The molecule has 6 rings (SSSR count). The van der Waals surface area contributed by atoms with Crippen molar-refractivity contribution in [3.63, 3.8) is 0 Å². The van der Waals surface area contributed by atoms with Crippen molar-refractivity contribution in [3.8, 4) is 0 Å². The minimum atomic E-state index is -0.268. The van der Waals surface area contributed by atoms with Gasteiger partial charge in [0.2, 0.25) is 0 Å². The Hall–Kier alpha value is -4.50. The molecule has 9 heteroatoms. The van der Waals surface area contributed by atoms with Crippen molar-refractivity contribution in [2.24, 2.45) is 0 Å². The summed E-state index contributed by atoms with van der Waals surface area (Å²) in [5, 5.41) is 3.43. The number of pyridine rings is 1. The lowest BCUT2D eigenvalue weighted by molar-refractivity contribution is 0.103. The van der Waals surface area contributed by atoms with E-state index in [2.05, 4.69) is 49.4 Å². The van der Waals surface area contributed by atoms with Crippen LogP contribution in [-0.4, -0.2) is 46.6 Å². The first-order valence-electron chi connectivity index (χ1n) is 12.9. The molecule has 5 aromatic rings. The van der Waals surface area contributed by atoms with E-state index in [-0.39, 0.29) is 11.5 Å². The van der Waals surface area contributed by atoms with Gasteiger partial charge in [-0.25, -0.2) is 9.97 Å². The van der Waals surface area contributed by atoms with Crippen LogP contribution in [0.2, 0.25) is 0 Å². The normalized spacial score (nSPS) is 13.6. The van der Waals surface area contributed by atoms with Crippen molar-refractivity contribution < 1.29 is 4.79 Å². The van der Waals surface area contributed by atoms with E-state index < -0.39 is 0 Å². The highest BCUT2D eigenvalue weighted by molar-refractivity contribution is 7.20. The lowest BCUT2D eigenvalue weighted by Crippen LogP contribution is -2.46. The van der Waals surface area contributed by atoms with Gasteiger partial charge in [-0.15, -0.1) is 11.3 Å². The molecular weight excluding hydrogens is 508 g/mol. The van der Waals surface area contributed by atoms with Gasteiger partial charge in [0, 0.05) is 31.9 Å². The zero-order valence-corrected chi connectivity index (χ0v) is 22.4. The highest BCUT2D eigenvalue weighted by Gasteiger charge is 2.21. The minimum absolute atomic E-state index is 0.143. The summed E-state index contributed by atoms with van der Waals surface area (Å²) < 4.78 is 1.58. The Kier molecular flexibility index (Phi) is 6.81. The predicted molar refractivity (Wildman–Crippen MR) is 157 cm³/mol. The maximum Gasteiger partial charge on any atom is 0.266 e. The quantitative estimate of drug-likeness (QED) is 0.336. The van der Waals surface area contributed by atoms with Crippen LogP contribution in [0.4, 0.5) is 17.2 Å². The van der Waals surface area contributed by atoms with E-state index in [0.29, 0.717) is 32.9 Å². The Balaban J connectivity index is 1.13. The molecule has 0 unspecified atom stereocenters. The highest BCUT2D eigenvalue weighted by atomic mass is 32.1. The van der Waals surface area contributed by atoms with Crippen LogP contribution in [0.25, 0.3) is 10.2 Å². The minimum Gasteiger partial charge on any atom is -0.368 e. The van der Waals surface area contributed by atoms with Crippen LogP contribution in [0, 0.1) is 6.92 Å². The molecule has 0 spiro atoms. The van der Waals surface area contributed by atoms with Gasteiger partial charge in [0.1, 0.15) is 10.6 Å². The number of rotatable bonds is 6. The molecule has 2 aromatic carbocycles. The summed E-state index contributed by atoms with van der Waals surface area (Å²) in [6, 6.07) is 24.0. The van der Waals surface area contributed by atoms with Gasteiger partial charge in [0.05, 0.1) is 35.0 Å². The molecule has 0 bridgehead atoms. The van der Waals surface area contributed by atoms with E-state index in [1.165, 1.54) is 17.0 Å². The van der Waals surface area contributed by atoms with Gasteiger partial charge in [-0.1, -0.05) is 48.5 Å². The van der Waals surface area contributed by atoms with Crippen LogP contribution < -0.4 is 20.7 Å². The Morgan fingerprint density at radius 1 is 0.897 bits per heavy atom. The van der Waals surface area contributed by atoms with Crippen molar-refractivity contribution >= 4 is 44.7 Å². The van der Waals surface area contributed by atoms with E-state index in [0.717, 1.165) is 37.6 Å². The fourth-order valence-electron chi connectivity index (χ4n) is 4.94. The largest absolute Gasteiger partial charge is 0.368 e. The molecule has 39 heavy (non-hydrogen) atoms. The number of carbonyl (C=O) groups excluding carboxylic acids is 1. The maximum atomic E-state index is 13.2. The van der Waals surface area contributed by atoms with Gasteiger partial charge in [0.15, 0.2) is 0 Å². The molecule has 1 N–H and O–H groups in total. The molecule has 3 aromatic heterocycles. The zero-order chi connectivity index (χ0) is 26.8.